The fourth-order valence-corrected chi connectivity index (χ4v) is 3.32. The van der Waals surface area contributed by atoms with Crippen LogP contribution in [0.4, 0.5) is 0 Å². The molecule has 3 atom stereocenters. The summed E-state index contributed by atoms with van der Waals surface area (Å²) in [5.74, 6) is 1.94. The summed E-state index contributed by atoms with van der Waals surface area (Å²) in [6.07, 6.45) is 2.69. The van der Waals surface area contributed by atoms with Gasteiger partial charge in [0, 0.05) is 24.0 Å². The van der Waals surface area contributed by atoms with Crippen LogP contribution in [0.15, 0.2) is 4.99 Å². The van der Waals surface area contributed by atoms with E-state index >= 15 is 0 Å². The maximum absolute atomic E-state index is 12.7. The molecule has 0 spiro atoms. The third kappa shape index (κ3) is 3.67. The van der Waals surface area contributed by atoms with Crippen molar-refractivity contribution in [1.82, 2.24) is 4.90 Å². The molecule has 1 aliphatic heterocycles. The average molecular weight is 294 g/mol. The summed E-state index contributed by atoms with van der Waals surface area (Å²) in [5, 5.41) is 0. The summed E-state index contributed by atoms with van der Waals surface area (Å²) in [7, 11) is 0. The van der Waals surface area contributed by atoms with Gasteiger partial charge in [-0.25, -0.2) is 0 Å². The van der Waals surface area contributed by atoms with Gasteiger partial charge in [0.15, 0.2) is 0 Å². The first kappa shape index (κ1) is 18.2. The molecule has 122 valence electrons. The Kier molecular flexibility index (Phi) is 6.01. The summed E-state index contributed by atoms with van der Waals surface area (Å²) in [6, 6.07) is 0.257. The summed E-state index contributed by atoms with van der Waals surface area (Å²) in [6.45, 7) is 18.6. The lowest BCUT2D eigenvalue weighted by Gasteiger charge is -2.50. The van der Waals surface area contributed by atoms with E-state index in [1.807, 2.05) is 0 Å². The van der Waals surface area contributed by atoms with Crippen LogP contribution in [-0.4, -0.2) is 35.1 Å². The summed E-state index contributed by atoms with van der Waals surface area (Å²) in [4.78, 5) is 19.3. The van der Waals surface area contributed by atoms with Crippen LogP contribution in [0.3, 0.4) is 0 Å². The van der Waals surface area contributed by atoms with Gasteiger partial charge in [0.05, 0.1) is 6.21 Å². The van der Waals surface area contributed by atoms with Gasteiger partial charge in [-0.15, -0.1) is 0 Å². The van der Waals surface area contributed by atoms with E-state index < -0.39 is 0 Å². The molecule has 0 N–H and O–H groups in total. The van der Waals surface area contributed by atoms with E-state index in [1.54, 1.807) is 6.21 Å². The molecule has 0 saturated carbocycles. The molecule has 0 radical (unpaired) electrons. The maximum atomic E-state index is 12.7. The largest absolute Gasteiger partial charge is 0.329 e. The topological polar surface area (TPSA) is 32.7 Å². The first-order chi connectivity index (χ1) is 9.64. The van der Waals surface area contributed by atoms with E-state index in [1.165, 1.54) is 0 Å². The van der Waals surface area contributed by atoms with Crippen LogP contribution in [-0.2, 0) is 4.79 Å². The average Bonchev–Trinajstić information content (AvgIpc) is 2.56. The number of amides is 1. The third-order valence-corrected chi connectivity index (χ3v) is 5.58. The summed E-state index contributed by atoms with van der Waals surface area (Å²) < 4.78 is 0. The SMILES string of the molecule is CCC(C)C1CN=CC(=O)N(C(C)(C)C(C)C)C1C(C)C. The van der Waals surface area contributed by atoms with Crippen molar-refractivity contribution < 1.29 is 4.79 Å². The van der Waals surface area contributed by atoms with Gasteiger partial charge in [0.1, 0.15) is 0 Å². The predicted octanol–water partition coefficient (Wildman–Crippen LogP) is 4.02. The lowest BCUT2D eigenvalue weighted by atomic mass is 9.76. The van der Waals surface area contributed by atoms with E-state index in [0.717, 1.165) is 13.0 Å². The fraction of sp³-hybridized carbons (Fsp3) is 0.889. The molecule has 0 aromatic rings. The molecule has 3 nitrogen and oxygen atoms in total. The molecular weight excluding hydrogens is 260 g/mol. The van der Waals surface area contributed by atoms with Crippen molar-refractivity contribution in [2.45, 2.75) is 73.4 Å². The van der Waals surface area contributed by atoms with Gasteiger partial charge in [-0.3, -0.25) is 9.79 Å². The molecule has 0 aromatic carbocycles. The quantitative estimate of drug-likeness (QED) is 0.753. The second kappa shape index (κ2) is 6.93. The number of rotatable bonds is 5. The highest BCUT2D eigenvalue weighted by atomic mass is 16.2. The van der Waals surface area contributed by atoms with Crippen molar-refractivity contribution in [2.75, 3.05) is 6.54 Å². The lowest BCUT2D eigenvalue weighted by molar-refractivity contribution is -0.138. The molecule has 0 aliphatic carbocycles. The van der Waals surface area contributed by atoms with Crippen LogP contribution >= 0.6 is 0 Å². The van der Waals surface area contributed by atoms with Gasteiger partial charge >= 0.3 is 0 Å². The predicted molar refractivity (Wildman–Crippen MR) is 90.7 cm³/mol. The number of hydrogen-bond acceptors (Lipinski definition) is 2. The molecule has 3 unspecified atom stereocenters. The van der Waals surface area contributed by atoms with Crippen LogP contribution in [0.25, 0.3) is 0 Å². The van der Waals surface area contributed by atoms with Crippen molar-refractivity contribution >= 4 is 12.1 Å². The van der Waals surface area contributed by atoms with Crippen LogP contribution in [0, 0.1) is 23.7 Å². The van der Waals surface area contributed by atoms with Crippen molar-refractivity contribution in [3.63, 3.8) is 0 Å². The zero-order chi connectivity index (χ0) is 16.4. The molecule has 0 saturated heterocycles. The highest BCUT2D eigenvalue weighted by molar-refractivity contribution is 6.26. The Labute approximate surface area is 131 Å². The summed E-state index contributed by atoms with van der Waals surface area (Å²) >= 11 is 0. The zero-order valence-electron chi connectivity index (χ0n) is 15.2. The van der Waals surface area contributed by atoms with Crippen LogP contribution in [0.2, 0.25) is 0 Å². The van der Waals surface area contributed by atoms with Gasteiger partial charge in [-0.2, -0.15) is 0 Å². The van der Waals surface area contributed by atoms with Gasteiger partial charge in [0.2, 0.25) is 0 Å². The third-order valence-electron chi connectivity index (χ3n) is 5.58. The minimum atomic E-state index is -0.159. The van der Waals surface area contributed by atoms with Crippen molar-refractivity contribution in [3.05, 3.63) is 0 Å². The Morgan fingerprint density at radius 1 is 1.29 bits per heavy atom. The number of nitrogens with zero attached hydrogens (tertiary/aromatic N) is 2. The van der Waals surface area contributed by atoms with Crippen LogP contribution in [0.5, 0.6) is 0 Å². The number of aliphatic imine (C=N–C) groups is 1. The molecule has 1 aliphatic rings. The number of carbonyl (C=O) groups is 1. The van der Waals surface area contributed by atoms with E-state index in [2.05, 4.69) is 65.3 Å². The van der Waals surface area contributed by atoms with Gasteiger partial charge < -0.3 is 4.90 Å². The van der Waals surface area contributed by atoms with E-state index in [-0.39, 0.29) is 17.5 Å². The smallest absolute Gasteiger partial charge is 0.265 e. The molecule has 1 heterocycles. The number of carbonyl (C=O) groups excluding carboxylic acids is 1. The van der Waals surface area contributed by atoms with Crippen molar-refractivity contribution in [2.24, 2.45) is 28.7 Å². The Bertz CT molecular complexity index is 385. The second-order valence-electron chi connectivity index (χ2n) is 7.79. The Hall–Kier alpha value is -0.860. The lowest BCUT2D eigenvalue weighted by Crippen LogP contribution is -2.60. The zero-order valence-corrected chi connectivity index (χ0v) is 15.2. The van der Waals surface area contributed by atoms with E-state index in [9.17, 15) is 4.79 Å². The van der Waals surface area contributed by atoms with Crippen molar-refractivity contribution in [1.29, 1.82) is 0 Å². The first-order valence-corrected chi connectivity index (χ1v) is 8.47. The van der Waals surface area contributed by atoms with Gasteiger partial charge in [-0.1, -0.05) is 48.0 Å². The Morgan fingerprint density at radius 3 is 2.29 bits per heavy atom. The van der Waals surface area contributed by atoms with Crippen LogP contribution < -0.4 is 0 Å². The van der Waals surface area contributed by atoms with Crippen molar-refractivity contribution in [3.8, 4) is 0 Å². The monoisotopic (exact) mass is 294 g/mol. The molecule has 0 aromatic heterocycles. The first-order valence-electron chi connectivity index (χ1n) is 8.47. The Balaban J connectivity index is 3.32. The molecule has 1 rings (SSSR count). The van der Waals surface area contributed by atoms with E-state index in [0.29, 0.717) is 23.7 Å². The van der Waals surface area contributed by atoms with Gasteiger partial charge in [-0.05, 0) is 31.6 Å². The maximum Gasteiger partial charge on any atom is 0.265 e. The molecule has 3 heteroatoms. The molecule has 21 heavy (non-hydrogen) atoms. The molecule has 0 fully saturated rings. The standard InChI is InChI=1S/C18H34N2O/c1-9-14(6)15-10-19-11-16(21)20(17(15)12(2)3)18(7,8)13(4)5/h11-15,17H,9-10H2,1-8H3. The fourth-order valence-electron chi connectivity index (χ4n) is 3.32. The normalized spacial score (nSPS) is 25.6. The minimum absolute atomic E-state index is 0.0817. The summed E-state index contributed by atoms with van der Waals surface area (Å²) in [5.41, 5.74) is -0.159. The van der Waals surface area contributed by atoms with Crippen LogP contribution in [0.1, 0.15) is 61.8 Å². The van der Waals surface area contributed by atoms with Gasteiger partial charge in [0.25, 0.3) is 5.91 Å². The molecule has 0 bridgehead atoms. The minimum Gasteiger partial charge on any atom is -0.329 e. The Morgan fingerprint density at radius 2 is 1.86 bits per heavy atom. The highest BCUT2D eigenvalue weighted by Crippen LogP contribution is 2.36. The highest BCUT2D eigenvalue weighted by Gasteiger charge is 2.44. The molecule has 1 amide bonds. The number of hydrogen-bond donors (Lipinski definition) is 0. The molecular formula is C18H34N2O. The second-order valence-corrected chi connectivity index (χ2v) is 7.79. The van der Waals surface area contributed by atoms with E-state index in [4.69, 9.17) is 0 Å².